The minimum absolute atomic E-state index is 0.298. The Morgan fingerprint density at radius 1 is 1.64 bits per heavy atom. The molecule has 14 heavy (non-hydrogen) atoms. The lowest BCUT2D eigenvalue weighted by Gasteiger charge is -2.03. The van der Waals surface area contributed by atoms with E-state index in [9.17, 15) is 9.59 Å². The van der Waals surface area contributed by atoms with Crippen molar-refractivity contribution in [3.05, 3.63) is 27.9 Å². The molecule has 0 unspecified atom stereocenters. The normalized spacial score (nSPS) is 10.5. The van der Waals surface area contributed by atoms with Gasteiger partial charge in [0, 0.05) is 11.8 Å². The van der Waals surface area contributed by atoms with E-state index in [1.54, 1.807) is 0 Å². The molecule has 0 spiro atoms. The van der Waals surface area contributed by atoms with Gasteiger partial charge in [-0.2, -0.15) is 0 Å². The first-order valence-corrected chi connectivity index (χ1v) is 4.32. The molecule has 0 bridgehead atoms. The number of aromatic carboxylic acids is 1. The number of carbonyl (C=O) groups is 1. The van der Waals surface area contributed by atoms with E-state index in [0.717, 1.165) is 0 Å². The van der Waals surface area contributed by atoms with E-state index in [0.29, 0.717) is 18.0 Å². The smallest absolute Gasteiger partial charge is 0.372 e. The summed E-state index contributed by atoms with van der Waals surface area (Å²) in [5, 5.41) is 8.64. The average molecular weight is 196 g/mol. The number of aromatic amines is 1. The first kappa shape index (κ1) is 10.4. The second kappa shape index (κ2) is 4.04. The van der Waals surface area contributed by atoms with Crippen molar-refractivity contribution in [2.24, 2.45) is 5.92 Å². The highest BCUT2D eigenvalue weighted by Gasteiger charge is 2.08. The van der Waals surface area contributed by atoms with Gasteiger partial charge >= 0.3 is 5.97 Å². The predicted octanol–water partition coefficient (Wildman–Crippen LogP) is 0.667. The zero-order valence-corrected chi connectivity index (χ0v) is 8.07. The van der Waals surface area contributed by atoms with Gasteiger partial charge in [-0.25, -0.2) is 9.78 Å². The fraction of sp³-hybridized carbons (Fsp3) is 0.444. The second-order valence-corrected chi connectivity index (χ2v) is 3.49. The van der Waals surface area contributed by atoms with Crippen LogP contribution < -0.4 is 5.56 Å². The van der Waals surface area contributed by atoms with Crippen molar-refractivity contribution in [2.45, 2.75) is 20.3 Å². The van der Waals surface area contributed by atoms with E-state index < -0.39 is 11.5 Å². The molecule has 2 N–H and O–H groups in total. The second-order valence-electron chi connectivity index (χ2n) is 3.49. The zero-order chi connectivity index (χ0) is 10.7. The molecule has 1 aromatic heterocycles. The monoisotopic (exact) mass is 196 g/mol. The Bertz CT molecular complexity index is 395. The number of aromatic nitrogens is 2. The quantitative estimate of drug-likeness (QED) is 0.744. The van der Waals surface area contributed by atoms with E-state index in [2.05, 4.69) is 9.97 Å². The van der Waals surface area contributed by atoms with E-state index in [4.69, 9.17) is 5.11 Å². The van der Waals surface area contributed by atoms with Crippen LogP contribution in [0.2, 0.25) is 0 Å². The van der Waals surface area contributed by atoms with Crippen LogP contribution in [-0.4, -0.2) is 21.0 Å². The minimum atomic E-state index is -1.22. The van der Waals surface area contributed by atoms with Crippen LogP contribution in [0.25, 0.3) is 0 Å². The van der Waals surface area contributed by atoms with Crippen molar-refractivity contribution in [1.29, 1.82) is 0 Å². The highest BCUT2D eigenvalue weighted by molar-refractivity contribution is 5.82. The number of hydrogen-bond donors (Lipinski definition) is 2. The zero-order valence-electron chi connectivity index (χ0n) is 8.07. The van der Waals surface area contributed by atoms with Gasteiger partial charge in [-0.1, -0.05) is 13.8 Å². The number of rotatable bonds is 3. The van der Waals surface area contributed by atoms with Crippen molar-refractivity contribution in [3.63, 3.8) is 0 Å². The molecule has 1 heterocycles. The lowest BCUT2D eigenvalue weighted by Crippen LogP contribution is -2.17. The first-order chi connectivity index (χ1) is 6.49. The van der Waals surface area contributed by atoms with Gasteiger partial charge in [0.05, 0.1) is 0 Å². The van der Waals surface area contributed by atoms with E-state index in [1.165, 1.54) is 6.07 Å². The highest BCUT2D eigenvalue weighted by Crippen LogP contribution is 2.02. The van der Waals surface area contributed by atoms with Gasteiger partial charge in [-0.3, -0.25) is 4.79 Å². The SMILES string of the molecule is CC(C)Cc1cc(=O)[nH]c(C(=O)O)n1. The largest absolute Gasteiger partial charge is 0.475 e. The Balaban J connectivity index is 3.07. The summed E-state index contributed by atoms with van der Waals surface area (Å²) in [7, 11) is 0. The van der Waals surface area contributed by atoms with Crippen LogP contribution in [0.3, 0.4) is 0 Å². The maximum Gasteiger partial charge on any atom is 0.372 e. The summed E-state index contributed by atoms with van der Waals surface area (Å²) in [6.07, 6.45) is 0.601. The van der Waals surface area contributed by atoms with Crippen molar-refractivity contribution < 1.29 is 9.90 Å². The number of nitrogens with zero attached hydrogens (tertiary/aromatic N) is 1. The lowest BCUT2D eigenvalue weighted by molar-refractivity contribution is 0.0682. The molecule has 5 nitrogen and oxygen atoms in total. The van der Waals surface area contributed by atoms with Crippen LogP contribution in [0.1, 0.15) is 30.2 Å². The van der Waals surface area contributed by atoms with Crippen LogP contribution in [0, 0.1) is 5.92 Å². The standard InChI is InChI=1S/C9H12N2O3/c1-5(2)3-6-4-7(12)11-8(10-6)9(13)14/h4-5H,3H2,1-2H3,(H,13,14)(H,10,11,12). The molecule has 0 aliphatic rings. The van der Waals surface area contributed by atoms with Crippen LogP contribution in [-0.2, 0) is 6.42 Å². The van der Waals surface area contributed by atoms with Gasteiger partial charge in [-0.05, 0) is 12.3 Å². The Hall–Kier alpha value is -1.65. The summed E-state index contributed by atoms with van der Waals surface area (Å²) >= 11 is 0. The topological polar surface area (TPSA) is 83.0 Å². The average Bonchev–Trinajstić information content (AvgIpc) is 2.01. The first-order valence-electron chi connectivity index (χ1n) is 4.32. The Kier molecular flexibility index (Phi) is 3.01. The van der Waals surface area contributed by atoms with Crippen molar-refractivity contribution in [1.82, 2.24) is 9.97 Å². The van der Waals surface area contributed by atoms with Gasteiger partial charge in [0.15, 0.2) is 0 Å². The van der Waals surface area contributed by atoms with Gasteiger partial charge in [0.2, 0.25) is 5.82 Å². The molecule has 5 heteroatoms. The molecule has 1 rings (SSSR count). The van der Waals surface area contributed by atoms with E-state index >= 15 is 0 Å². The third-order valence-electron chi connectivity index (χ3n) is 1.61. The molecular formula is C9H12N2O3. The molecule has 0 saturated carbocycles. The fourth-order valence-corrected chi connectivity index (χ4v) is 1.13. The molecule has 0 aromatic carbocycles. The minimum Gasteiger partial charge on any atom is -0.475 e. The number of carboxylic acids is 1. The molecule has 0 amide bonds. The van der Waals surface area contributed by atoms with Crippen molar-refractivity contribution >= 4 is 5.97 Å². The maximum absolute atomic E-state index is 11.0. The third-order valence-corrected chi connectivity index (χ3v) is 1.61. The van der Waals surface area contributed by atoms with Crippen LogP contribution >= 0.6 is 0 Å². The highest BCUT2D eigenvalue weighted by atomic mass is 16.4. The Morgan fingerprint density at radius 2 is 2.29 bits per heavy atom. The number of H-pyrrole nitrogens is 1. The fourth-order valence-electron chi connectivity index (χ4n) is 1.13. The molecule has 1 aromatic rings. The summed E-state index contributed by atoms with van der Waals surface area (Å²) in [4.78, 5) is 27.6. The molecule has 0 atom stereocenters. The van der Waals surface area contributed by atoms with Gasteiger partial charge in [0.1, 0.15) is 0 Å². The molecular weight excluding hydrogens is 184 g/mol. The molecule has 0 saturated heterocycles. The van der Waals surface area contributed by atoms with E-state index in [-0.39, 0.29) is 5.82 Å². The third kappa shape index (κ3) is 2.69. The molecule has 76 valence electrons. The summed E-state index contributed by atoms with van der Waals surface area (Å²) < 4.78 is 0. The number of hydrogen-bond acceptors (Lipinski definition) is 3. The van der Waals surface area contributed by atoms with Gasteiger partial charge < -0.3 is 10.1 Å². The van der Waals surface area contributed by atoms with Gasteiger partial charge in [-0.15, -0.1) is 0 Å². The number of carboxylic acid groups (broad SMARTS) is 1. The van der Waals surface area contributed by atoms with Crippen molar-refractivity contribution in [3.8, 4) is 0 Å². The van der Waals surface area contributed by atoms with Crippen molar-refractivity contribution in [2.75, 3.05) is 0 Å². The summed E-state index contributed by atoms with van der Waals surface area (Å²) in [6.45, 7) is 3.95. The molecule has 0 radical (unpaired) electrons. The maximum atomic E-state index is 11.0. The Labute approximate surface area is 80.8 Å². The van der Waals surface area contributed by atoms with Gasteiger partial charge in [0.25, 0.3) is 5.56 Å². The number of nitrogens with one attached hydrogen (secondary N) is 1. The van der Waals surface area contributed by atoms with Crippen LogP contribution in [0.4, 0.5) is 0 Å². The predicted molar refractivity (Wildman–Crippen MR) is 50.4 cm³/mol. The van der Waals surface area contributed by atoms with Crippen LogP contribution in [0.5, 0.6) is 0 Å². The Morgan fingerprint density at radius 3 is 2.79 bits per heavy atom. The van der Waals surface area contributed by atoms with E-state index in [1.807, 2.05) is 13.8 Å². The van der Waals surface area contributed by atoms with Crippen LogP contribution in [0.15, 0.2) is 10.9 Å². The summed E-state index contributed by atoms with van der Waals surface area (Å²) in [5.41, 5.74) is 0.0919. The molecule has 0 aliphatic heterocycles. The molecule has 0 aliphatic carbocycles. The summed E-state index contributed by atoms with van der Waals surface area (Å²) in [5.74, 6) is -1.17. The molecule has 0 fully saturated rings. The lowest BCUT2D eigenvalue weighted by atomic mass is 10.1. The summed E-state index contributed by atoms with van der Waals surface area (Å²) in [6, 6.07) is 1.33.